The summed E-state index contributed by atoms with van der Waals surface area (Å²) in [6.07, 6.45) is -3.60. The van der Waals surface area contributed by atoms with Crippen LogP contribution in [0.15, 0.2) is 12.3 Å². The summed E-state index contributed by atoms with van der Waals surface area (Å²) in [7, 11) is 0. The first-order valence-corrected chi connectivity index (χ1v) is 8.40. The first-order valence-electron chi connectivity index (χ1n) is 8.02. The van der Waals surface area contributed by atoms with Crippen molar-refractivity contribution in [2.24, 2.45) is 0 Å². The van der Waals surface area contributed by atoms with Crippen LogP contribution in [0.1, 0.15) is 12.0 Å². The van der Waals surface area contributed by atoms with Crippen LogP contribution >= 0.6 is 11.6 Å². The zero-order chi connectivity index (χ0) is 18.3. The van der Waals surface area contributed by atoms with E-state index in [0.717, 1.165) is 38.8 Å². The molecule has 6 nitrogen and oxygen atoms in total. The molecule has 1 aliphatic rings. The number of nitrogens with one attached hydrogen (secondary N) is 3. The van der Waals surface area contributed by atoms with Gasteiger partial charge in [-0.3, -0.25) is 9.69 Å². The molecule has 2 heterocycles. The number of hydrogen-bond donors (Lipinski definition) is 3. The van der Waals surface area contributed by atoms with Crippen LogP contribution in [-0.2, 0) is 11.0 Å². The topological polar surface area (TPSA) is 69.3 Å². The van der Waals surface area contributed by atoms with Gasteiger partial charge in [0, 0.05) is 58.4 Å². The van der Waals surface area contributed by atoms with Crippen LogP contribution in [0.3, 0.4) is 0 Å². The zero-order valence-corrected chi connectivity index (χ0v) is 14.4. The number of anilines is 1. The molecule has 10 heteroatoms. The molecular formula is C15H21ClF3N5O. The van der Waals surface area contributed by atoms with E-state index < -0.39 is 11.7 Å². The summed E-state index contributed by atoms with van der Waals surface area (Å²) in [5.41, 5.74) is -0.909. The second kappa shape index (κ2) is 9.21. The highest BCUT2D eigenvalue weighted by molar-refractivity contribution is 6.32. The van der Waals surface area contributed by atoms with Gasteiger partial charge in [0.05, 0.1) is 10.6 Å². The lowest BCUT2D eigenvalue weighted by molar-refractivity contribution is -0.137. The van der Waals surface area contributed by atoms with Gasteiger partial charge in [-0.15, -0.1) is 0 Å². The molecule has 140 valence electrons. The summed E-state index contributed by atoms with van der Waals surface area (Å²) in [6.45, 7) is 5.45. The number of carbonyl (C=O) groups excluding carboxylic acids is 1. The summed E-state index contributed by atoms with van der Waals surface area (Å²) in [4.78, 5) is 17.7. The second-order valence-corrected chi connectivity index (χ2v) is 6.08. The molecular weight excluding hydrogens is 359 g/mol. The van der Waals surface area contributed by atoms with E-state index in [4.69, 9.17) is 11.6 Å². The standard InChI is InChI=1S/C15H21ClF3N5O/c16-12-9-11(15(17,18)19)10-23-14(12)22-2-1-13(25)21-5-8-24-6-3-20-4-7-24/h9-10,20H,1-8H2,(H,21,25)(H,22,23). The van der Waals surface area contributed by atoms with Crippen LogP contribution in [0.25, 0.3) is 0 Å². The molecule has 1 fully saturated rings. The molecule has 3 N–H and O–H groups in total. The Morgan fingerprint density at radius 3 is 2.68 bits per heavy atom. The molecule has 1 amide bonds. The summed E-state index contributed by atoms with van der Waals surface area (Å²) in [6, 6.07) is 0.810. The molecule has 1 aromatic heterocycles. The number of rotatable bonds is 7. The number of piperazine rings is 1. The first-order chi connectivity index (χ1) is 11.9. The van der Waals surface area contributed by atoms with E-state index in [9.17, 15) is 18.0 Å². The minimum atomic E-state index is -4.49. The van der Waals surface area contributed by atoms with Gasteiger partial charge in [-0.1, -0.05) is 11.6 Å². The second-order valence-electron chi connectivity index (χ2n) is 5.67. The van der Waals surface area contributed by atoms with Crippen molar-refractivity contribution >= 4 is 23.3 Å². The number of hydrogen-bond acceptors (Lipinski definition) is 5. The van der Waals surface area contributed by atoms with Gasteiger partial charge in [0.15, 0.2) is 0 Å². The molecule has 0 spiro atoms. The van der Waals surface area contributed by atoms with Crippen LogP contribution in [0.5, 0.6) is 0 Å². The molecule has 0 radical (unpaired) electrons. The van der Waals surface area contributed by atoms with E-state index in [1.54, 1.807) is 0 Å². The smallest absolute Gasteiger partial charge is 0.368 e. The maximum atomic E-state index is 12.5. The molecule has 0 aromatic carbocycles. The average Bonchev–Trinajstić information content (AvgIpc) is 2.56. The third kappa shape index (κ3) is 6.68. The molecule has 0 unspecified atom stereocenters. The molecule has 25 heavy (non-hydrogen) atoms. The predicted octanol–water partition coefficient (Wildman–Crippen LogP) is 1.58. The van der Waals surface area contributed by atoms with Crippen molar-refractivity contribution in [3.8, 4) is 0 Å². The van der Waals surface area contributed by atoms with Crippen LogP contribution < -0.4 is 16.0 Å². The fraction of sp³-hybridized carbons (Fsp3) is 0.600. The van der Waals surface area contributed by atoms with Crippen LogP contribution in [-0.4, -0.2) is 61.6 Å². The van der Waals surface area contributed by atoms with Crippen molar-refractivity contribution in [2.75, 3.05) is 51.1 Å². The molecule has 0 bridgehead atoms. The Morgan fingerprint density at radius 1 is 1.32 bits per heavy atom. The van der Waals surface area contributed by atoms with Crippen molar-refractivity contribution in [3.63, 3.8) is 0 Å². The fourth-order valence-corrected chi connectivity index (χ4v) is 2.63. The minimum absolute atomic E-state index is 0.128. The Bertz CT molecular complexity index is 579. The molecule has 1 aliphatic heterocycles. The predicted molar refractivity (Wildman–Crippen MR) is 89.7 cm³/mol. The van der Waals surface area contributed by atoms with Gasteiger partial charge in [0.25, 0.3) is 0 Å². The maximum Gasteiger partial charge on any atom is 0.417 e. The lowest BCUT2D eigenvalue weighted by Gasteiger charge is -2.27. The quantitative estimate of drug-likeness (QED) is 0.671. The fourth-order valence-electron chi connectivity index (χ4n) is 2.39. The van der Waals surface area contributed by atoms with Gasteiger partial charge < -0.3 is 16.0 Å². The van der Waals surface area contributed by atoms with E-state index in [1.165, 1.54) is 0 Å². The van der Waals surface area contributed by atoms with E-state index in [-0.39, 0.29) is 29.7 Å². The SMILES string of the molecule is O=C(CCNc1ncc(C(F)(F)F)cc1Cl)NCCN1CCNCC1. The Hall–Kier alpha value is -1.58. The number of nitrogens with zero attached hydrogens (tertiary/aromatic N) is 2. The summed E-state index contributed by atoms with van der Waals surface area (Å²) < 4.78 is 37.6. The number of alkyl halides is 3. The first kappa shape index (κ1) is 19.7. The van der Waals surface area contributed by atoms with Crippen molar-refractivity contribution in [2.45, 2.75) is 12.6 Å². The van der Waals surface area contributed by atoms with E-state index >= 15 is 0 Å². The Morgan fingerprint density at radius 2 is 2.04 bits per heavy atom. The highest BCUT2D eigenvalue weighted by atomic mass is 35.5. The number of amides is 1. The molecule has 0 aliphatic carbocycles. The zero-order valence-electron chi connectivity index (χ0n) is 13.6. The van der Waals surface area contributed by atoms with Gasteiger partial charge in [-0.05, 0) is 6.07 Å². The monoisotopic (exact) mass is 379 g/mol. The lowest BCUT2D eigenvalue weighted by atomic mass is 10.2. The maximum absolute atomic E-state index is 12.5. The summed E-state index contributed by atoms with van der Waals surface area (Å²) >= 11 is 5.78. The third-order valence-corrected chi connectivity index (χ3v) is 4.06. The largest absolute Gasteiger partial charge is 0.417 e. The van der Waals surface area contributed by atoms with Gasteiger partial charge in [-0.25, -0.2) is 4.98 Å². The third-order valence-electron chi connectivity index (χ3n) is 3.77. The molecule has 0 atom stereocenters. The molecule has 0 saturated carbocycles. The van der Waals surface area contributed by atoms with Crippen molar-refractivity contribution in [1.82, 2.24) is 20.5 Å². The normalized spacial score (nSPS) is 15.8. The molecule has 2 rings (SSSR count). The number of aromatic nitrogens is 1. The number of carbonyl (C=O) groups is 1. The van der Waals surface area contributed by atoms with E-state index in [0.29, 0.717) is 12.7 Å². The van der Waals surface area contributed by atoms with E-state index in [1.807, 2.05) is 0 Å². The van der Waals surface area contributed by atoms with E-state index in [2.05, 4.69) is 25.8 Å². The Kier molecular flexibility index (Phi) is 7.27. The van der Waals surface area contributed by atoms with Crippen LogP contribution in [0, 0.1) is 0 Å². The van der Waals surface area contributed by atoms with Gasteiger partial charge in [0.2, 0.25) is 5.91 Å². The van der Waals surface area contributed by atoms with Gasteiger partial charge in [0.1, 0.15) is 5.82 Å². The van der Waals surface area contributed by atoms with Crippen molar-refractivity contribution < 1.29 is 18.0 Å². The summed E-state index contributed by atoms with van der Waals surface area (Å²) in [5, 5.41) is 8.72. The average molecular weight is 380 g/mol. The van der Waals surface area contributed by atoms with Crippen LogP contribution in [0.4, 0.5) is 19.0 Å². The van der Waals surface area contributed by atoms with Crippen molar-refractivity contribution in [3.05, 3.63) is 22.8 Å². The Labute approximate surface area is 149 Å². The van der Waals surface area contributed by atoms with Crippen LogP contribution in [0.2, 0.25) is 5.02 Å². The lowest BCUT2D eigenvalue weighted by Crippen LogP contribution is -2.46. The Balaban J connectivity index is 1.67. The minimum Gasteiger partial charge on any atom is -0.368 e. The highest BCUT2D eigenvalue weighted by Crippen LogP contribution is 2.32. The number of pyridine rings is 1. The summed E-state index contributed by atoms with van der Waals surface area (Å²) in [5.74, 6) is -0.00560. The molecule has 1 saturated heterocycles. The van der Waals surface area contributed by atoms with Gasteiger partial charge >= 0.3 is 6.18 Å². The highest BCUT2D eigenvalue weighted by Gasteiger charge is 2.31. The van der Waals surface area contributed by atoms with Gasteiger partial charge in [-0.2, -0.15) is 13.2 Å². The molecule has 1 aromatic rings. The van der Waals surface area contributed by atoms with Crippen molar-refractivity contribution in [1.29, 1.82) is 0 Å². The number of halogens is 4.